The summed E-state index contributed by atoms with van der Waals surface area (Å²) >= 11 is 0. The molecule has 126 valence electrons. The molecule has 0 bridgehead atoms. The van der Waals surface area contributed by atoms with Gasteiger partial charge in [-0.1, -0.05) is 30.3 Å². The third-order valence-corrected chi connectivity index (χ3v) is 3.40. The third kappa shape index (κ3) is 4.58. The maximum atomic E-state index is 12.1. The van der Waals surface area contributed by atoms with Crippen LogP contribution in [0.25, 0.3) is 0 Å². The summed E-state index contributed by atoms with van der Waals surface area (Å²) in [5, 5.41) is 21.5. The summed E-state index contributed by atoms with van der Waals surface area (Å²) in [5.74, 6) is -2.19. The second kappa shape index (κ2) is 8.14. The molecule has 3 atom stereocenters. The van der Waals surface area contributed by atoms with E-state index in [1.165, 1.54) is 18.6 Å². The molecule has 5 N–H and O–H groups in total. The van der Waals surface area contributed by atoms with Gasteiger partial charge in [-0.15, -0.1) is 0 Å². The van der Waals surface area contributed by atoms with E-state index in [9.17, 15) is 19.8 Å². The molecule has 0 aliphatic rings. The lowest BCUT2D eigenvalue weighted by atomic mass is 10.0. The van der Waals surface area contributed by atoms with Crippen molar-refractivity contribution in [2.24, 2.45) is 5.73 Å². The van der Waals surface area contributed by atoms with Crippen LogP contribution in [-0.4, -0.2) is 44.2 Å². The van der Waals surface area contributed by atoms with Crippen molar-refractivity contribution in [2.75, 3.05) is 0 Å². The van der Waals surface area contributed by atoms with Gasteiger partial charge in [0.25, 0.3) is 5.91 Å². The molecule has 0 spiro atoms. The van der Waals surface area contributed by atoms with Crippen molar-refractivity contribution < 1.29 is 19.8 Å². The lowest BCUT2D eigenvalue weighted by molar-refractivity contribution is -0.144. The van der Waals surface area contributed by atoms with Crippen LogP contribution >= 0.6 is 0 Å². The molecule has 0 saturated carbocycles. The van der Waals surface area contributed by atoms with Crippen LogP contribution in [0.5, 0.6) is 0 Å². The zero-order valence-corrected chi connectivity index (χ0v) is 12.7. The smallest absolute Gasteiger partial charge is 0.332 e. The summed E-state index contributed by atoms with van der Waals surface area (Å²) in [6.07, 6.45) is 2.65. The zero-order valence-electron chi connectivity index (χ0n) is 12.7. The molecule has 1 aromatic heterocycles. The monoisotopic (exact) mass is 330 g/mol. The Balaban J connectivity index is 2.02. The quantitative estimate of drug-likeness (QED) is 0.544. The standard InChI is InChI=1S/C16H18N4O4/c17-11(8-10-4-2-1-3-5-10)14(21)15(22)20-13(16(23)24)12-9-18-6-7-19-12/h1-7,9,11,13-14,21H,8,17H2,(H,20,22)(H,23,24)/t11-,13+,14+/m1/s1. The number of nitrogens with one attached hydrogen (secondary N) is 1. The van der Waals surface area contributed by atoms with Crippen molar-refractivity contribution in [3.05, 3.63) is 60.2 Å². The number of carboxylic acids is 1. The minimum atomic E-state index is -1.55. The van der Waals surface area contributed by atoms with Crippen LogP contribution in [0.2, 0.25) is 0 Å². The molecule has 0 fully saturated rings. The highest BCUT2D eigenvalue weighted by atomic mass is 16.4. The number of hydrogen-bond acceptors (Lipinski definition) is 6. The Morgan fingerprint density at radius 2 is 1.92 bits per heavy atom. The Bertz CT molecular complexity index is 681. The lowest BCUT2D eigenvalue weighted by Crippen LogP contribution is -2.49. The van der Waals surface area contributed by atoms with E-state index in [1.807, 2.05) is 30.3 Å². The summed E-state index contributed by atoms with van der Waals surface area (Å²) in [4.78, 5) is 31.1. The van der Waals surface area contributed by atoms with Gasteiger partial charge in [0.2, 0.25) is 0 Å². The number of nitrogens with two attached hydrogens (primary N) is 1. The Morgan fingerprint density at radius 1 is 1.21 bits per heavy atom. The average molecular weight is 330 g/mol. The predicted octanol–water partition coefficient (Wildman–Crippen LogP) is -0.351. The first-order valence-corrected chi connectivity index (χ1v) is 7.25. The van der Waals surface area contributed by atoms with Crippen molar-refractivity contribution in [1.82, 2.24) is 15.3 Å². The number of nitrogens with zero attached hydrogens (tertiary/aromatic N) is 2. The van der Waals surface area contributed by atoms with Gasteiger partial charge in [0.15, 0.2) is 6.04 Å². The van der Waals surface area contributed by atoms with Crippen LogP contribution in [-0.2, 0) is 16.0 Å². The van der Waals surface area contributed by atoms with E-state index in [-0.39, 0.29) is 12.1 Å². The Kier molecular flexibility index (Phi) is 5.94. The van der Waals surface area contributed by atoms with E-state index in [0.717, 1.165) is 5.56 Å². The summed E-state index contributed by atoms with van der Waals surface area (Å²) in [5.41, 5.74) is 6.77. The van der Waals surface area contributed by atoms with E-state index < -0.39 is 30.1 Å². The van der Waals surface area contributed by atoms with Crippen LogP contribution in [0.1, 0.15) is 17.3 Å². The SMILES string of the molecule is N[C@H](Cc1ccccc1)[C@H](O)C(=O)N[C@H](C(=O)O)c1cnccn1. The largest absolute Gasteiger partial charge is 0.479 e. The van der Waals surface area contributed by atoms with Gasteiger partial charge in [-0.2, -0.15) is 0 Å². The minimum absolute atomic E-state index is 0.0576. The Hall–Kier alpha value is -2.84. The number of carboxylic acid groups (broad SMARTS) is 1. The molecular weight excluding hydrogens is 312 g/mol. The van der Waals surface area contributed by atoms with Crippen molar-refractivity contribution in [3.8, 4) is 0 Å². The Morgan fingerprint density at radius 3 is 2.50 bits per heavy atom. The first kappa shape index (κ1) is 17.5. The van der Waals surface area contributed by atoms with Crippen molar-refractivity contribution in [1.29, 1.82) is 0 Å². The first-order chi connectivity index (χ1) is 11.5. The fraction of sp³-hybridized carbons (Fsp3) is 0.250. The van der Waals surface area contributed by atoms with Crippen LogP contribution in [0.15, 0.2) is 48.9 Å². The minimum Gasteiger partial charge on any atom is -0.479 e. The second-order valence-corrected chi connectivity index (χ2v) is 5.21. The van der Waals surface area contributed by atoms with Crippen molar-refractivity contribution >= 4 is 11.9 Å². The van der Waals surface area contributed by atoms with Gasteiger partial charge < -0.3 is 21.3 Å². The van der Waals surface area contributed by atoms with E-state index >= 15 is 0 Å². The lowest BCUT2D eigenvalue weighted by Gasteiger charge is -2.21. The first-order valence-electron chi connectivity index (χ1n) is 7.25. The molecule has 0 aliphatic heterocycles. The molecule has 8 heteroatoms. The topological polar surface area (TPSA) is 138 Å². The number of aliphatic hydroxyl groups is 1. The summed E-state index contributed by atoms with van der Waals surface area (Å²) < 4.78 is 0. The molecule has 2 rings (SSSR count). The number of aromatic nitrogens is 2. The number of aliphatic carboxylic acids is 1. The highest BCUT2D eigenvalue weighted by molar-refractivity contribution is 5.87. The van der Waals surface area contributed by atoms with Crippen LogP contribution in [0, 0.1) is 0 Å². The van der Waals surface area contributed by atoms with Crippen molar-refractivity contribution in [3.63, 3.8) is 0 Å². The zero-order chi connectivity index (χ0) is 17.5. The highest BCUT2D eigenvalue weighted by Crippen LogP contribution is 2.10. The molecule has 0 unspecified atom stereocenters. The number of benzene rings is 1. The van der Waals surface area contributed by atoms with Gasteiger partial charge >= 0.3 is 5.97 Å². The van der Waals surface area contributed by atoms with Crippen LogP contribution in [0.4, 0.5) is 0 Å². The van der Waals surface area contributed by atoms with E-state index in [2.05, 4.69) is 15.3 Å². The van der Waals surface area contributed by atoms with Crippen LogP contribution < -0.4 is 11.1 Å². The van der Waals surface area contributed by atoms with Gasteiger partial charge in [-0.3, -0.25) is 14.8 Å². The van der Waals surface area contributed by atoms with E-state index in [1.54, 1.807) is 0 Å². The maximum Gasteiger partial charge on any atom is 0.332 e. The molecule has 1 heterocycles. The molecule has 8 nitrogen and oxygen atoms in total. The summed E-state index contributed by atoms with van der Waals surface area (Å²) in [7, 11) is 0. The fourth-order valence-electron chi connectivity index (χ4n) is 2.14. The third-order valence-electron chi connectivity index (χ3n) is 3.40. The molecule has 1 aromatic carbocycles. The highest BCUT2D eigenvalue weighted by Gasteiger charge is 2.29. The normalized spacial score (nSPS) is 14.4. The second-order valence-electron chi connectivity index (χ2n) is 5.21. The fourth-order valence-corrected chi connectivity index (χ4v) is 2.14. The van der Waals surface area contributed by atoms with Gasteiger partial charge in [0.05, 0.1) is 11.9 Å². The molecule has 0 radical (unpaired) electrons. The number of aliphatic hydroxyl groups excluding tert-OH is 1. The maximum absolute atomic E-state index is 12.1. The van der Waals surface area contributed by atoms with E-state index in [4.69, 9.17) is 5.73 Å². The number of hydrogen-bond donors (Lipinski definition) is 4. The predicted molar refractivity (Wildman–Crippen MR) is 84.7 cm³/mol. The Labute approximate surface area is 138 Å². The van der Waals surface area contributed by atoms with Gasteiger partial charge in [0, 0.05) is 18.4 Å². The number of carbonyl (C=O) groups is 2. The number of amides is 1. The number of carbonyl (C=O) groups excluding carboxylic acids is 1. The number of rotatable bonds is 7. The molecule has 24 heavy (non-hydrogen) atoms. The average Bonchev–Trinajstić information content (AvgIpc) is 2.60. The van der Waals surface area contributed by atoms with Crippen LogP contribution in [0.3, 0.4) is 0 Å². The van der Waals surface area contributed by atoms with Crippen molar-refractivity contribution in [2.45, 2.75) is 24.6 Å². The molecule has 0 saturated heterocycles. The molecular formula is C16H18N4O4. The van der Waals surface area contributed by atoms with Gasteiger partial charge in [-0.25, -0.2) is 4.79 Å². The molecule has 2 aromatic rings. The van der Waals surface area contributed by atoms with E-state index in [0.29, 0.717) is 0 Å². The summed E-state index contributed by atoms with van der Waals surface area (Å²) in [6, 6.07) is 6.85. The molecule has 0 aliphatic carbocycles. The van der Waals surface area contributed by atoms with Gasteiger partial charge in [0.1, 0.15) is 6.10 Å². The summed E-state index contributed by atoms with van der Waals surface area (Å²) in [6.45, 7) is 0. The molecule has 1 amide bonds. The van der Waals surface area contributed by atoms with Gasteiger partial charge in [-0.05, 0) is 12.0 Å².